The Morgan fingerprint density at radius 3 is 1.75 bits per heavy atom. The van der Waals surface area contributed by atoms with Crippen molar-refractivity contribution in [3.05, 3.63) is 69.8 Å². The molecule has 152 valence electrons. The first-order chi connectivity index (χ1) is 13.3. The lowest BCUT2D eigenvalue weighted by Crippen LogP contribution is -2.05. The number of rotatable bonds is 9. The fourth-order valence-corrected chi connectivity index (χ4v) is 4.01. The molecule has 0 heterocycles. The van der Waals surface area contributed by atoms with Gasteiger partial charge in [-0.2, -0.15) is 0 Å². The molecule has 2 nitrogen and oxygen atoms in total. The second-order valence-corrected chi connectivity index (χ2v) is 8.14. The van der Waals surface area contributed by atoms with Crippen molar-refractivity contribution < 1.29 is 10.2 Å². The summed E-state index contributed by atoms with van der Waals surface area (Å²) >= 11 is 0. The minimum atomic E-state index is -0.0301. The molecule has 0 aliphatic carbocycles. The van der Waals surface area contributed by atoms with Crippen LogP contribution in [0.4, 0.5) is 0 Å². The molecule has 0 spiro atoms. The number of allylic oxidation sites excluding steroid dienone is 2. The average molecular weight is 381 g/mol. The molecule has 0 aliphatic heterocycles. The molecule has 0 unspecified atom stereocenters. The van der Waals surface area contributed by atoms with Crippen LogP contribution in [0.25, 0.3) is 0 Å². The highest BCUT2D eigenvalue weighted by atomic mass is 16.3. The molecule has 0 saturated heterocycles. The van der Waals surface area contributed by atoms with Gasteiger partial charge in [-0.15, -0.1) is 0 Å². The summed E-state index contributed by atoms with van der Waals surface area (Å²) in [6.45, 7) is 10.2. The SMILES string of the molecule is CCCCCC=CCCC(c1cc(C)cc(C)c1O)c1cc(C)cc(C)c1O. The average Bonchev–Trinajstić information content (AvgIpc) is 2.64. The zero-order valence-corrected chi connectivity index (χ0v) is 18.2. The highest BCUT2D eigenvalue weighted by Gasteiger charge is 2.22. The third-order valence-electron chi connectivity index (χ3n) is 5.46. The van der Waals surface area contributed by atoms with E-state index in [-0.39, 0.29) is 5.92 Å². The second kappa shape index (κ2) is 10.4. The molecular formula is C26H36O2. The Kier molecular flexibility index (Phi) is 8.17. The molecule has 2 N–H and O–H groups in total. The van der Waals surface area contributed by atoms with Gasteiger partial charge in [-0.1, -0.05) is 67.3 Å². The van der Waals surface area contributed by atoms with Gasteiger partial charge in [0.15, 0.2) is 0 Å². The second-order valence-electron chi connectivity index (χ2n) is 8.14. The molecule has 28 heavy (non-hydrogen) atoms. The third kappa shape index (κ3) is 5.64. The Morgan fingerprint density at radius 1 is 0.750 bits per heavy atom. The lowest BCUT2D eigenvalue weighted by atomic mass is 9.83. The highest BCUT2D eigenvalue weighted by Crippen LogP contribution is 2.42. The summed E-state index contributed by atoms with van der Waals surface area (Å²) in [6, 6.07) is 8.14. The molecule has 2 heteroatoms. The number of hydrogen-bond acceptors (Lipinski definition) is 2. The van der Waals surface area contributed by atoms with Gasteiger partial charge >= 0.3 is 0 Å². The van der Waals surface area contributed by atoms with E-state index in [1.54, 1.807) is 0 Å². The molecule has 0 fully saturated rings. The Morgan fingerprint density at radius 2 is 1.25 bits per heavy atom. The van der Waals surface area contributed by atoms with Crippen molar-refractivity contribution in [2.24, 2.45) is 0 Å². The third-order valence-corrected chi connectivity index (χ3v) is 5.46. The number of hydrogen-bond donors (Lipinski definition) is 2. The van der Waals surface area contributed by atoms with E-state index in [1.165, 1.54) is 19.3 Å². The largest absolute Gasteiger partial charge is 0.507 e. The maximum atomic E-state index is 10.8. The van der Waals surface area contributed by atoms with Crippen LogP contribution in [0, 0.1) is 27.7 Å². The molecule has 0 aliphatic rings. The predicted octanol–water partition coefficient (Wildman–Crippen LogP) is 7.38. The molecule has 0 atom stereocenters. The van der Waals surface area contributed by atoms with Gasteiger partial charge in [-0.25, -0.2) is 0 Å². The van der Waals surface area contributed by atoms with Crippen molar-refractivity contribution in [2.75, 3.05) is 0 Å². The van der Waals surface area contributed by atoms with E-state index < -0.39 is 0 Å². The van der Waals surface area contributed by atoms with E-state index in [1.807, 2.05) is 26.0 Å². The molecule has 0 amide bonds. The minimum Gasteiger partial charge on any atom is -0.507 e. The van der Waals surface area contributed by atoms with Gasteiger partial charge in [0.25, 0.3) is 0 Å². The molecular weight excluding hydrogens is 344 g/mol. The maximum Gasteiger partial charge on any atom is 0.122 e. The van der Waals surface area contributed by atoms with Crippen molar-refractivity contribution in [1.82, 2.24) is 0 Å². The molecule has 2 rings (SSSR count). The quantitative estimate of drug-likeness (QED) is 0.352. The normalized spacial score (nSPS) is 11.6. The number of benzene rings is 2. The van der Waals surface area contributed by atoms with Gasteiger partial charge in [0.1, 0.15) is 11.5 Å². The summed E-state index contributed by atoms with van der Waals surface area (Å²) in [5.41, 5.74) is 5.87. The smallest absolute Gasteiger partial charge is 0.122 e. The molecule has 0 saturated carbocycles. The fourth-order valence-electron chi connectivity index (χ4n) is 4.01. The first-order valence-electron chi connectivity index (χ1n) is 10.6. The van der Waals surface area contributed by atoms with Crippen molar-refractivity contribution in [3.8, 4) is 11.5 Å². The van der Waals surface area contributed by atoms with Crippen molar-refractivity contribution in [3.63, 3.8) is 0 Å². The standard InChI is InChI=1S/C26H36O2/c1-6-7-8-9-10-11-12-13-22(23-16-18(2)14-20(4)25(23)27)24-17-19(3)15-21(5)26(24)28/h10-11,14-17,22,27-28H,6-9,12-13H2,1-5H3. The van der Waals surface area contributed by atoms with Gasteiger partial charge < -0.3 is 10.2 Å². The van der Waals surface area contributed by atoms with Crippen molar-refractivity contribution >= 4 is 0 Å². The van der Waals surface area contributed by atoms with E-state index in [2.05, 4.69) is 45.1 Å². The van der Waals surface area contributed by atoms with E-state index in [0.29, 0.717) is 11.5 Å². The molecule has 2 aromatic rings. The summed E-state index contributed by atoms with van der Waals surface area (Å²) in [6.07, 6.45) is 11.2. The summed E-state index contributed by atoms with van der Waals surface area (Å²) in [4.78, 5) is 0. The van der Waals surface area contributed by atoms with Gasteiger partial charge in [0.05, 0.1) is 0 Å². The lowest BCUT2D eigenvalue weighted by Gasteiger charge is -2.22. The fraction of sp³-hybridized carbons (Fsp3) is 0.462. The summed E-state index contributed by atoms with van der Waals surface area (Å²) in [5, 5.41) is 21.6. The van der Waals surface area contributed by atoms with Crippen LogP contribution in [-0.2, 0) is 0 Å². The van der Waals surface area contributed by atoms with Crippen LogP contribution < -0.4 is 0 Å². The Bertz CT molecular complexity index is 760. The first kappa shape index (κ1) is 22.1. The Hall–Kier alpha value is -2.22. The topological polar surface area (TPSA) is 40.5 Å². The minimum absolute atomic E-state index is 0.0301. The first-order valence-corrected chi connectivity index (χ1v) is 10.6. The molecule has 0 bridgehead atoms. The Balaban J connectivity index is 2.35. The maximum absolute atomic E-state index is 10.8. The van der Waals surface area contributed by atoms with Crippen molar-refractivity contribution in [1.29, 1.82) is 0 Å². The molecule has 0 aromatic heterocycles. The lowest BCUT2D eigenvalue weighted by molar-refractivity contribution is 0.446. The number of phenols is 2. The van der Waals surface area contributed by atoms with E-state index in [0.717, 1.165) is 52.6 Å². The molecule has 0 radical (unpaired) electrons. The zero-order valence-electron chi connectivity index (χ0n) is 18.2. The predicted molar refractivity (Wildman–Crippen MR) is 120 cm³/mol. The number of aromatic hydroxyl groups is 2. The van der Waals surface area contributed by atoms with Gasteiger partial charge in [-0.3, -0.25) is 0 Å². The van der Waals surface area contributed by atoms with Crippen molar-refractivity contribution in [2.45, 2.75) is 79.1 Å². The van der Waals surface area contributed by atoms with Gasteiger partial charge in [0.2, 0.25) is 0 Å². The van der Waals surface area contributed by atoms with Crippen LogP contribution in [0.2, 0.25) is 0 Å². The van der Waals surface area contributed by atoms with Gasteiger partial charge in [0, 0.05) is 17.0 Å². The van der Waals surface area contributed by atoms with E-state index >= 15 is 0 Å². The Labute approximate surface area is 170 Å². The van der Waals surface area contributed by atoms with E-state index in [9.17, 15) is 10.2 Å². The van der Waals surface area contributed by atoms with Crippen LogP contribution in [-0.4, -0.2) is 10.2 Å². The van der Waals surface area contributed by atoms with Crippen LogP contribution in [0.15, 0.2) is 36.4 Å². The monoisotopic (exact) mass is 380 g/mol. The zero-order chi connectivity index (χ0) is 20.7. The highest BCUT2D eigenvalue weighted by molar-refractivity contribution is 5.53. The number of phenolic OH excluding ortho intramolecular Hbond substituents is 2. The summed E-state index contributed by atoms with van der Waals surface area (Å²) in [5.74, 6) is 0.666. The summed E-state index contributed by atoms with van der Waals surface area (Å²) in [7, 11) is 0. The van der Waals surface area contributed by atoms with Crippen LogP contribution in [0.1, 0.15) is 84.7 Å². The van der Waals surface area contributed by atoms with Crippen LogP contribution in [0.5, 0.6) is 11.5 Å². The van der Waals surface area contributed by atoms with Gasteiger partial charge in [-0.05, 0) is 64.5 Å². The number of aryl methyl sites for hydroxylation is 4. The number of unbranched alkanes of at least 4 members (excludes halogenated alkanes) is 3. The molecule has 2 aromatic carbocycles. The summed E-state index contributed by atoms with van der Waals surface area (Å²) < 4.78 is 0. The van der Waals surface area contributed by atoms with Crippen LogP contribution in [0.3, 0.4) is 0 Å². The van der Waals surface area contributed by atoms with Crippen LogP contribution >= 0.6 is 0 Å². The van der Waals surface area contributed by atoms with E-state index in [4.69, 9.17) is 0 Å².